The van der Waals surface area contributed by atoms with E-state index in [4.69, 9.17) is 0 Å². The molecule has 2 aromatic heterocycles. The summed E-state index contributed by atoms with van der Waals surface area (Å²) < 4.78 is 4.29. The highest BCUT2D eigenvalue weighted by atomic mass is 32.1. The lowest BCUT2D eigenvalue weighted by atomic mass is 9.45. The van der Waals surface area contributed by atoms with Gasteiger partial charge < -0.3 is 9.38 Å². The predicted molar refractivity (Wildman–Crippen MR) is 316 cm³/mol. The number of rotatable bonds is 8. The maximum atomic E-state index is 2.92. The molecule has 6 aliphatic carbocycles. The summed E-state index contributed by atoms with van der Waals surface area (Å²) in [6.07, 6.45) is 20.2. The van der Waals surface area contributed by atoms with Gasteiger partial charge in [0, 0.05) is 43.3 Å². The van der Waals surface area contributed by atoms with Gasteiger partial charge in [-0.15, -0.1) is 11.3 Å². The second-order valence-electron chi connectivity index (χ2n) is 25.3. The molecule has 364 valence electrons. The van der Waals surface area contributed by atoms with Crippen LogP contribution in [0.25, 0.3) is 75.7 Å². The number of anilines is 3. The molecule has 0 spiro atoms. The zero-order valence-electron chi connectivity index (χ0n) is 43.2. The van der Waals surface area contributed by atoms with Gasteiger partial charge in [-0.05, 0) is 238 Å². The van der Waals surface area contributed by atoms with Crippen LogP contribution < -0.4 is 15.8 Å². The normalized spacial score (nSPS) is 26.1. The molecule has 0 radical (unpaired) electrons. The first-order chi connectivity index (χ1) is 36.4. The van der Waals surface area contributed by atoms with Crippen molar-refractivity contribution < 1.29 is 0 Å². The third-order valence-electron chi connectivity index (χ3n) is 21.2. The van der Waals surface area contributed by atoms with E-state index in [1.165, 1.54) is 198 Å². The van der Waals surface area contributed by atoms with Gasteiger partial charge in [0.1, 0.15) is 0 Å². The summed E-state index contributed by atoms with van der Waals surface area (Å²) in [6, 6.07) is 58.7. The molecule has 8 aromatic carbocycles. The predicted octanol–water partition coefficient (Wildman–Crippen LogP) is 18.1. The minimum absolute atomic E-state index is 0.0100. The fraction of sp³-hybridized carbons (Fsp3) is 0.343. The Balaban J connectivity index is 1.01. The third-order valence-corrected chi connectivity index (χ3v) is 22.4. The van der Waals surface area contributed by atoms with E-state index in [0.717, 1.165) is 36.0 Å². The van der Waals surface area contributed by atoms with Gasteiger partial charge in [0.15, 0.2) is 0 Å². The number of fused-ring (bicyclic) bond motifs is 14. The summed E-state index contributed by atoms with van der Waals surface area (Å²) in [6.45, 7) is 4.84. The fourth-order valence-electron chi connectivity index (χ4n) is 18.4. The Morgan fingerprint density at radius 1 is 0.554 bits per heavy atom. The molecule has 6 bridgehead atoms. The Morgan fingerprint density at radius 3 is 2.01 bits per heavy atom. The van der Waals surface area contributed by atoms with Crippen LogP contribution in [0.3, 0.4) is 0 Å². The lowest BCUT2D eigenvalue weighted by Gasteiger charge is -2.57. The van der Waals surface area contributed by atoms with Crippen LogP contribution in [0.1, 0.15) is 120 Å². The molecule has 4 heteroatoms. The van der Waals surface area contributed by atoms with Gasteiger partial charge in [0.25, 0.3) is 0 Å². The largest absolute Gasteiger partial charge is 0.375 e. The third kappa shape index (κ3) is 6.01. The van der Waals surface area contributed by atoms with Crippen LogP contribution in [-0.2, 0) is 17.3 Å². The van der Waals surface area contributed by atoms with Crippen molar-refractivity contribution in [3.63, 3.8) is 0 Å². The molecule has 0 saturated heterocycles. The topological polar surface area (TPSA) is 8.17 Å². The molecule has 74 heavy (non-hydrogen) atoms. The smallest absolute Gasteiger partial charge is 0.334 e. The number of thiophene rings is 1. The fourth-order valence-corrected chi connectivity index (χ4v) is 19.7. The summed E-state index contributed by atoms with van der Waals surface area (Å²) in [5.41, 5.74) is 19.1. The SMILES string of the molecule is CCCCc1ccc(N2c3cc4ccccc4c4c3B(c3c2sc2cc5ccccc5cc32)n2c3ccc(C56CC7CC(CC(C7)C5)C6)cc3c3cc(C5(CC)CC6CCC(C6)C5)cc-4c32)c(-c2ccccc2)c1. The monoisotopic (exact) mass is 976 g/mol. The van der Waals surface area contributed by atoms with Gasteiger partial charge >= 0.3 is 6.85 Å². The van der Waals surface area contributed by atoms with Crippen molar-refractivity contribution in [3.8, 4) is 22.3 Å². The van der Waals surface area contributed by atoms with Crippen LogP contribution in [0.15, 0.2) is 146 Å². The summed E-state index contributed by atoms with van der Waals surface area (Å²) in [7, 11) is 0. The molecule has 2 aliphatic heterocycles. The maximum absolute atomic E-state index is 2.92. The first kappa shape index (κ1) is 43.2. The number of hydrogen-bond donors (Lipinski definition) is 0. The van der Waals surface area contributed by atoms with Gasteiger partial charge in [-0.25, -0.2) is 0 Å². The van der Waals surface area contributed by atoms with E-state index >= 15 is 0 Å². The van der Waals surface area contributed by atoms with E-state index in [2.05, 4.69) is 169 Å². The summed E-state index contributed by atoms with van der Waals surface area (Å²) in [5, 5.41) is 11.1. The molecule has 8 aliphatic rings. The quantitative estimate of drug-likeness (QED) is 0.138. The van der Waals surface area contributed by atoms with Crippen LogP contribution in [0.4, 0.5) is 16.4 Å². The summed E-state index contributed by atoms with van der Waals surface area (Å²) in [4.78, 5) is 2.76. The minimum Gasteiger partial charge on any atom is -0.375 e. The van der Waals surface area contributed by atoms with Crippen molar-refractivity contribution >= 4 is 98.9 Å². The second kappa shape index (κ2) is 15.7. The van der Waals surface area contributed by atoms with Crippen molar-refractivity contribution in [2.45, 2.75) is 121 Å². The summed E-state index contributed by atoms with van der Waals surface area (Å²) >= 11 is 2.01. The number of benzene rings is 8. The Hall–Kier alpha value is -6.10. The molecule has 10 aromatic rings. The van der Waals surface area contributed by atoms with Crippen molar-refractivity contribution in [1.82, 2.24) is 4.48 Å². The Morgan fingerprint density at radius 2 is 1.26 bits per heavy atom. The molecule has 0 amide bonds. The van der Waals surface area contributed by atoms with E-state index in [1.54, 1.807) is 11.1 Å². The molecular weight excluding hydrogens is 912 g/mol. The molecule has 0 N–H and O–H groups in total. The molecule has 4 heterocycles. The highest BCUT2D eigenvalue weighted by molar-refractivity contribution is 7.26. The average molecular weight is 977 g/mol. The van der Waals surface area contributed by atoms with Crippen LogP contribution in [-0.4, -0.2) is 11.3 Å². The lowest BCUT2D eigenvalue weighted by molar-refractivity contribution is -0.00512. The van der Waals surface area contributed by atoms with Crippen LogP contribution in [0, 0.1) is 29.6 Å². The number of unbranched alkanes of at least 4 members (excludes halogenated alkanes) is 1. The molecule has 2 atom stereocenters. The molecule has 6 saturated carbocycles. The van der Waals surface area contributed by atoms with E-state index in [1.807, 2.05) is 11.3 Å². The number of hydrogen-bond acceptors (Lipinski definition) is 2. The average Bonchev–Trinajstić information content (AvgIpc) is 4.11. The molecular formula is C70H65BN2S. The standard InChI is InChI=1S/C70H65BN2S/c1-3-5-13-42-22-24-60(55(30-42)48-14-7-6-8-15-48)72-62-32-51-18-11-12-19-54(51)64-59-36-53(69(4-2)37-43-20-21-44(26-43)38-69)35-57-56-34-52(70-39-45-27-46(40-70)29-47(28-45)41-70)23-25-61(56)73(67(57)59)71(66(62)64)65-58-31-49-16-9-10-17-50(49)33-63(58)74-68(65)72/h6-12,14-19,22-25,30-36,43-47H,3-5,13,20-21,26-29,37-41H2,1-2H3. The van der Waals surface area contributed by atoms with Gasteiger partial charge in [0.2, 0.25) is 0 Å². The first-order valence-electron chi connectivity index (χ1n) is 29.1. The lowest BCUT2D eigenvalue weighted by Crippen LogP contribution is -2.56. The number of nitrogens with zero attached hydrogens (tertiary/aromatic N) is 2. The Labute approximate surface area is 440 Å². The molecule has 6 fully saturated rings. The summed E-state index contributed by atoms with van der Waals surface area (Å²) in [5.74, 6) is 4.43. The van der Waals surface area contributed by atoms with Crippen molar-refractivity contribution in [2.75, 3.05) is 4.90 Å². The van der Waals surface area contributed by atoms with Crippen LogP contribution in [0.5, 0.6) is 0 Å². The number of aryl methyl sites for hydroxylation is 1. The van der Waals surface area contributed by atoms with Gasteiger partial charge in [0.05, 0.1) is 10.7 Å². The Bertz CT molecular complexity index is 3960. The van der Waals surface area contributed by atoms with E-state index in [-0.39, 0.29) is 12.3 Å². The van der Waals surface area contributed by atoms with Gasteiger partial charge in [-0.1, -0.05) is 124 Å². The molecule has 2 nitrogen and oxygen atoms in total. The minimum atomic E-state index is -0.0100. The van der Waals surface area contributed by atoms with Crippen LogP contribution in [0.2, 0.25) is 0 Å². The van der Waals surface area contributed by atoms with Crippen molar-refractivity contribution in [2.24, 2.45) is 29.6 Å². The van der Waals surface area contributed by atoms with E-state index in [0.29, 0.717) is 5.41 Å². The number of aromatic nitrogens is 1. The Kier molecular flexibility index (Phi) is 9.18. The zero-order chi connectivity index (χ0) is 48.6. The van der Waals surface area contributed by atoms with E-state index in [9.17, 15) is 0 Å². The van der Waals surface area contributed by atoms with Crippen molar-refractivity contribution in [1.29, 1.82) is 0 Å². The maximum Gasteiger partial charge on any atom is 0.334 e. The van der Waals surface area contributed by atoms with Crippen molar-refractivity contribution in [3.05, 3.63) is 162 Å². The molecule has 18 rings (SSSR count). The van der Waals surface area contributed by atoms with Gasteiger partial charge in [-0.2, -0.15) is 0 Å². The van der Waals surface area contributed by atoms with Crippen LogP contribution >= 0.6 is 11.3 Å². The zero-order valence-corrected chi connectivity index (χ0v) is 44.0. The van der Waals surface area contributed by atoms with E-state index < -0.39 is 0 Å². The molecule has 2 unspecified atom stereocenters. The first-order valence-corrected chi connectivity index (χ1v) is 29.9. The highest BCUT2D eigenvalue weighted by Crippen LogP contribution is 2.62. The highest BCUT2D eigenvalue weighted by Gasteiger charge is 2.53. The van der Waals surface area contributed by atoms with Gasteiger partial charge in [-0.3, -0.25) is 0 Å². The second-order valence-corrected chi connectivity index (χ2v) is 26.3.